The van der Waals surface area contributed by atoms with Crippen LogP contribution in [0, 0.1) is 11.6 Å². The summed E-state index contributed by atoms with van der Waals surface area (Å²) < 4.78 is 48.9. The lowest BCUT2D eigenvalue weighted by atomic mass is 9.89. The van der Waals surface area contributed by atoms with Crippen molar-refractivity contribution in [3.63, 3.8) is 0 Å². The highest BCUT2D eigenvalue weighted by molar-refractivity contribution is 7.74. The van der Waals surface area contributed by atoms with E-state index in [9.17, 15) is 22.3 Å². The van der Waals surface area contributed by atoms with Crippen LogP contribution in [0.15, 0.2) is 18.2 Å². The van der Waals surface area contributed by atoms with E-state index in [1.807, 2.05) is 0 Å². The molecular weight excluding hydrogens is 252 g/mol. The summed E-state index contributed by atoms with van der Waals surface area (Å²) in [6, 6.07) is 2.27. The summed E-state index contributed by atoms with van der Waals surface area (Å²) in [6.45, 7) is 0. The average Bonchev–Trinajstić information content (AvgIpc) is 2.27. The SMILES string of the molecule is O=[SH](=O)N(c1ccc(F)c(F)c1)C1CCC1O. The number of halogens is 2. The summed E-state index contributed by atoms with van der Waals surface area (Å²) >= 11 is 0. The Morgan fingerprint density at radius 2 is 1.94 bits per heavy atom. The summed E-state index contributed by atoms with van der Waals surface area (Å²) in [7, 11) is -3.00. The van der Waals surface area contributed by atoms with Crippen molar-refractivity contribution < 1.29 is 22.3 Å². The predicted octanol–water partition coefficient (Wildman–Crippen LogP) is 0.821. The third kappa shape index (κ3) is 2.25. The molecule has 1 saturated carbocycles. The van der Waals surface area contributed by atoms with Gasteiger partial charge in [0.1, 0.15) is 0 Å². The molecule has 1 aliphatic carbocycles. The van der Waals surface area contributed by atoms with Crippen LogP contribution in [0.5, 0.6) is 0 Å². The number of thiol groups is 1. The lowest BCUT2D eigenvalue weighted by molar-refractivity contribution is 0.0718. The second kappa shape index (κ2) is 4.58. The summed E-state index contributed by atoms with van der Waals surface area (Å²) in [4.78, 5) is 0. The Morgan fingerprint density at radius 3 is 2.35 bits per heavy atom. The van der Waals surface area contributed by atoms with Crippen LogP contribution in [0.3, 0.4) is 0 Å². The van der Waals surface area contributed by atoms with Gasteiger partial charge in [0.25, 0.3) is 0 Å². The monoisotopic (exact) mass is 263 g/mol. The summed E-state index contributed by atoms with van der Waals surface area (Å²) in [5.41, 5.74) is 0.0313. The number of nitrogens with zero attached hydrogens (tertiary/aromatic N) is 1. The number of hydrogen-bond donors (Lipinski definition) is 2. The van der Waals surface area contributed by atoms with Crippen LogP contribution in [-0.4, -0.2) is 25.7 Å². The minimum absolute atomic E-state index is 0.0313. The van der Waals surface area contributed by atoms with Gasteiger partial charge in [0.2, 0.25) is 10.9 Å². The molecule has 0 heterocycles. The van der Waals surface area contributed by atoms with Gasteiger partial charge in [0.15, 0.2) is 11.6 Å². The molecular formula is C10H11F2NO3S. The smallest absolute Gasteiger partial charge is 0.225 e. The second-order valence-electron chi connectivity index (χ2n) is 3.89. The maximum absolute atomic E-state index is 13.0. The van der Waals surface area contributed by atoms with Crippen LogP contribution in [0.25, 0.3) is 0 Å². The number of rotatable bonds is 3. The molecule has 1 N–H and O–H groups in total. The summed E-state index contributed by atoms with van der Waals surface area (Å²) in [6.07, 6.45) is 0.258. The largest absolute Gasteiger partial charge is 0.391 e. The van der Waals surface area contributed by atoms with E-state index in [-0.39, 0.29) is 5.69 Å². The van der Waals surface area contributed by atoms with Crippen LogP contribution >= 0.6 is 0 Å². The van der Waals surface area contributed by atoms with Crippen LogP contribution in [-0.2, 0) is 10.9 Å². The van der Waals surface area contributed by atoms with Gasteiger partial charge in [-0.2, -0.15) is 0 Å². The standard InChI is InChI=1S/C10H11F2NO3S/c11-7-2-1-6(5-8(7)12)13(17(15)16)9-3-4-10(9)14/h1-2,5,9-10,14,17H,3-4H2. The first kappa shape index (κ1) is 12.3. The molecule has 0 spiro atoms. The Bertz CT molecular complexity index is 498. The van der Waals surface area contributed by atoms with Crippen molar-refractivity contribution in [2.75, 3.05) is 4.31 Å². The van der Waals surface area contributed by atoms with E-state index in [1.165, 1.54) is 6.07 Å². The molecule has 2 rings (SSSR count). The van der Waals surface area contributed by atoms with Crippen molar-refractivity contribution in [2.45, 2.75) is 25.0 Å². The van der Waals surface area contributed by atoms with E-state index in [0.717, 1.165) is 16.4 Å². The van der Waals surface area contributed by atoms with Gasteiger partial charge in [-0.3, -0.25) is 4.31 Å². The Labute approximate surface area is 98.6 Å². The molecule has 94 valence electrons. The zero-order valence-electron chi connectivity index (χ0n) is 8.72. The maximum atomic E-state index is 13.0. The molecule has 0 aromatic heterocycles. The Morgan fingerprint density at radius 1 is 1.24 bits per heavy atom. The summed E-state index contributed by atoms with van der Waals surface area (Å²) in [5.74, 6) is -2.15. The Hall–Kier alpha value is -1.21. The number of benzene rings is 1. The molecule has 1 aromatic carbocycles. The Kier molecular flexibility index (Phi) is 3.30. The molecule has 17 heavy (non-hydrogen) atoms. The van der Waals surface area contributed by atoms with Gasteiger partial charge in [0, 0.05) is 6.07 Å². The molecule has 4 nitrogen and oxygen atoms in total. The molecule has 0 amide bonds. The molecule has 0 saturated heterocycles. The molecule has 0 bridgehead atoms. The zero-order chi connectivity index (χ0) is 12.6. The van der Waals surface area contributed by atoms with Crippen molar-refractivity contribution in [3.05, 3.63) is 29.8 Å². The number of aliphatic hydroxyl groups excluding tert-OH is 1. The van der Waals surface area contributed by atoms with Crippen molar-refractivity contribution in [3.8, 4) is 0 Å². The molecule has 1 fully saturated rings. The predicted molar refractivity (Wildman–Crippen MR) is 58.2 cm³/mol. The number of hydrogen-bond acceptors (Lipinski definition) is 3. The van der Waals surface area contributed by atoms with E-state index < -0.39 is 34.7 Å². The lowest BCUT2D eigenvalue weighted by Crippen LogP contribution is -2.50. The van der Waals surface area contributed by atoms with E-state index in [0.29, 0.717) is 12.8 Å². The highest BCUT2D eigenvalue weighted by Gasteiger charge is 2.36. The fraction of sp³-hybridized carbons (Fsp3) is 0.400. The average molecular weight is 263 g/mol. The Balaban J connectivity index is 2.36. The molecule has 2 unspecified atom stereocenters. The lowest BCUT2D eigenvalue weighted by Gasteiger charge is -2.39. The first-order valence-electron chi connectivity index (χ1n) is 5.07. The van der Waals surface area contributed by atoms with Crippen LogP contribution in [0.4, 0.5) is 14.5 Å². The minimum atomic E-state index is -3.00. The third-order valence-electron chi connectivity index (χ3n) is 2.86. The van der Waals surface area contributed by atoms with Crippen molar-refractivity contribution in [1.82, 2.24) is 0 Å². The van der Waals surface area contributed by atoms with Crippen molar-refractivity contribution >= 4 is 16.6 Å². The van der Waals surface area contributed by atoms with Gasteiger partial charge >= 0.3 is 0 Å². The maximum Gasteiger partial charge on any atom is 0.225 e. The number of anilines is 1. The van der Waals surface area contributed by atoms with Gasteiger partial charge < -0.3 is 5.11 Å². The van der Waals surface area contributed by atoms with E-state index in [2.05, 4.69) is 0 Å². The van der Waals surface area contributed by atoms with E-state index in [1.54, 1.807) is 0 Å². The quantitative estimate of drug-likeness (QED) is 0.794. The van der Waals surface area contributed by atoms with Crippen LogP contribution in [0.1, 0.15) is 12.8 Å². The summed E-state index contributed by atoms with van der Waals surface area (Å²) in [5, 5.41) is 9.44. The van der Waals surface area contributed by atoms with Gasteiger partial charge in [-0.1, -0.05) is 0 Å². The minimum Gasteiger partial charge on any atom is -0.391 e. The van der Waals surface area contributed by atoms with E-state index >= 15 is 0 Å². The first-order chi connectivity index (χ1) is 8.00. The molecule has 1 aliphatic rings. The molecule has 7 heteroatoms. The van der Waals surface area contributed by atoms with Gasteiger partial charge in [-0.25, -0.2) is 17.2 Å². The van der Waals surface area contributed by atoms with Crippen LogP contribution < -0.4 is 4.31 Å². The van der Waals surface area contributed by atoms with Crippen LogP contribution in [0.2, 0.25) is 0 Å². The normalized spacial score (nSPS) is 23.5. The van der Waals surface area contributed by atoms with Gasteiger partial charge in [0.05, 0.1) is 17.8 Å². The van der Waals surface area contributed by atoms with Crippen molar-refractivity contribution in [2.24, 2.45) is 0 Å². The van der Waals surface area contributed by atoms with Gasteiger partial charge in [-0.15, -0.1) is 0 Å². The molecule has 0 radical (unpaired) electrons. The fourth-order valence-corrected chi connectivity index (χ4v) is 2.61. The molecule has 0 aliphatic heterocycles. The highest BCUT2D eigenvalue weighted by Crippen LogP contribution is 2.30. The number of aliphatic hydroxyl groups is 1. The zero-order valence-corrected chi connectivity index (χ0v) is 9.61. The third-order valence-corrected chi connectivity index (χ3v) is 3.74. The fourth-order valence-electron chi connectivity index (χ4n) is 1.78. The van der Waals surface area contributed by atoms with Crippen molar-refractivity contribution in [1.29, 1.82) is 0 Å². The highest BCUT2D eigenvalue weighted by atomic mass is 32.2. The topological polar surface area (TPSA) is 57.6 Å². The molecule has 1 aromatic rings. The van der Waals surface area contributed by atoms with Gasteiger partial charge in [-0.05, 0) is 25.0 Å². The second-order valence-corrected chi connectivity index (χ2v) is 4.80. The molecule has 2 atom stereocenters. The first-order valence-corrected chi connectivity index (χ1v) is 6.20. The van der Waals surface area contributed by atoms with E-state index in [4.69, 9.17) is 0 Å².